The molecule has 9 heteroatoms. The maximum absolute atomic E-state index is 12.3. The van der Waals surface area contributed by atoms with Crippen molar-refractivity contribution in [3.8, 4) is 0 Å². The molecule has 0 unspecified atom stereocenters. The van der Waals surface area contributed by atoms with Gasteiger partial charge in [0, 0.05) is 32.6 Å². The third-order valence-electron chi connectivity index (χ3n) is 4.44. The number of piperazine rings is 1. The van der Waals surface area contributed by atoms with E-state index in [-0.39, 0.29) is 36.8 Å². The molecule has 0 aromatic heterocycles. The molecule has 28 heavy (non-hydrogen) atoms. The van der Waals surface area contributed by atoms with Crippen molar-refractivity contribution >= 4 is 23.9 Å². The van der Waals surface area contributed by atoms with Crippen LogP contribution in [0.15, 0.2) is 0 Å². The highest BCUT2D eigenvalue weighted by Crippen LogP contribution is 2.23. The standard InChI is InChI=1S/C19H33N3O6/c1-18(2,3)28-17(26)22-11-9-21(10-12-22)15(24)13-20-14(23)7-8-19(4,5)16(25)27-6/h7-13H2,1-6H3,(H,20,23). The SMILES string of the molecule is COC(=O)C(C)(C)CCC(=O)NCC(=O)N1CCN(C(=O)OC(C)(C)C)CC1. The van der Waals surface area contributed by atoms with Gasteiger partial charge in [-0.25, -0.2) is 4.79 Å². The van der Waals surface area contributed by atoms with E-state index in [1.807, 2.05) is 0 Å². The number of carbonyl (C=O) groups is 4. The monoisotopic (exact) mass is 399 g/mol. The molecule has 1 rings (SSSR count). The van der Waals surface area contributed by atoms with Crippen LogP contribution in [0.5, 0.6) is 0 Å². The normalized spacial score (nSPS) is 15.1. The summed E-state index contributed by atoms with van der Waals surface area (Å²) in [6, 6.07) is 0. The first kappa shape index (κ1) is 23.7. The molecule has 9 nitrogen and oxygen atoms in total. The van der Waals surface area contributed by atoms with Crippen molar-refractivity contribution < 1.29 is 28.7 Å². The van der Waals surface area contributed by atoms with Crippen molar-refractivity contribution in [1.29, 1.82) is 0 Å². The molecule has 1 N–H and O–H groups in total. The van der Waals surface area contributed by atoms with Gasteiger partial charge >= 0.3 is 12.1 Å². The highest BCUT2D eigenvalue weighted by Gasteiger charge is 2.30. The van der Waals surface area contributed by atoms with E-state index in [2.05, 4.69) is 5.32 Å². The molecule has 0 aliphatic carbocycles. The van der Waals surface area contributed by atoms with E-state index < -0.39 is 11.0 Å². The fraction of sp³-hybridized carbons (Fsp3) is 0.789. The van der Waals surface area contributed by atoms with Crippen LogP contribution < -0.4 is 5.32 Å². The van der Waals surface area contributed by atoms with Crippen molar-refractivity contribution in [3.05, 3.63) is 0 Å². The smallest absolute Gasteiger partial charge is 0.410 e. The molecule has 160 valence electrons. The van der Waals surface area contributed by atoms with Crippen LogP contribution in [0, 0.1) is 5.41 Å². The molecule has 0 atom stereocenters. The number of ether oxygens (including phenoxy) is 2. The largest absolute Gasteiger partial charge is 0.469 e. The molecule has 0 saturated carbocycles. The summed E-state index contributed by atoms with van der Waals surface area (Å²) in [5, 5.41) is 2.59. The van der Waals surface area contributed by atoms with Gasteiger partial charge in [0.15, 0.2) is 0 Å². The molecular weight excluding hydrogens is 366 g/mol. The number of carbonyl (C=O) groups excluding carboxylic acids is 4. The Morgan fingerprint density at radius 3 is 1.96 bits per heavy atom. The summed E-state index contributed by atoms with van der Waals surface area (Å²) < 4.78 is 10.0. The van der Waals surface area contributed by atoms with E-state index in [4.69, 9.17) is 9.47 Å². The second kappa shape index (κ2) is 9.75. The Balaban J connectivity index is 2.34. The van der Waals surface area contributed by atoms with Crippen molar-refractivity contribution in [1.82, 2.24) is 15.1 Å². The van der Waals surface area contributed by atoms with E-state index in [1.54, 1.807) is 44.4 Å². The van der Waals surface area contributed by atoms with Gasteiger partial charge in [-0.1, -0.05) is 0 Å². The maximum atomic E-state index is 12.3. The third-order valence-corrected chi connectivity index (χ3v) is 4.44. The minimum Gasteiger partial charge on any atom is -0.469 e. The molecule has 3 amide bonds. The number of hydrogen-bond acceptors (Lipinski definition) is 6. The van der Waals surface area contributed by atoms with E-state index in [9.17, 15) is 19.2 Å². The lowest BCUT2D eigenvalue weighted by Crippen LogP contribution is -2.53. The summed E-state index contributed by atoms with van der Waals surface area (Å²) in [4.78, 5) is 51.1. The predicted octanol–water partition coefficient (Wildman–Crippen LogP) is 1.16. The Bertz CT molecular complexity index is 589. The summed E-state index contributed by atoms with van der Waals surface area (Å²) in [6.45, 7) is 10.3. The zero-order valence-electron chi connectivity index (χ0n) is 17.8. The Kier molecular flexibility index (Phi) is 8.26. The zero-order chi connectivity index (χ0) is 21.5. The number of nitrogens with zero attached hydrogens (tertiary/aromatic N) is 2. The fourth-order valence-corrected chi connectivity index (χ4v) is 2.64. The van der Waals surface area contributed by atoms with Crippen LogP contribution in [0.4, 0.5) is 4.79 Å². The van der Waals surface area contributed by atoms with Crippen molar-refractivity contribution in [2.24, 2.45) is 5.41 Å². The van der Waals surface area contributed by atoms with E-state index in [0.717, 1.165) is 0 Å². The quantitative estimate of drug-likeness (QED) is 0.672. The second-order valence-electron chi connectivity index (χ2n) is 8.50. The lowest BCUT2D eigenvalue weighted by Gasteiger charge is -2.35. The molecule has 1 aliphatic rings. The minimum atomic E-state index is -0.756. The van der Waals surface area contributed by atoms with Gasteiger partial charge < -0.3 is 24.6 Å². The van der Waals surface area contributed by atoms with E-state index in [0.29, 0.717) is 32.6 Å². The van der Waals surface area contributed by atoms with Gasteiger partial charge in [0.25, 0.3) is 0 Å². The Hall–Kier alpha value is -2.32. The van der Waals surface area contributed by atoms with Crippen molar-refractivity contribution in [2.45, 2.75) is 53.1 Å². The van der Waals surface area contributed by atoms with Gasteiger partial charge in [-0.05, 0) is 41.0 Å². The van der Waals surface area contributed by atoms with Gasteiger partial charge in [0.1, 0.15) is 5.60 Å². The number of methoxy groups -OCH3 is 1. The molecule has 1 saturated heterocycles. The first-order valence-corrected chi connectivity index (χ1v) is 9.46. The highest BCUT2D eigenvalue weighted by molar-refractivity contribution is 5.85. The van der Waals surface area contributed by atoms with Crippen LogP contribution >= 0.6 is 0 Å². The number of rotatable bonds is 6. The van der Waals surface area contributed by atoms with Gasteiger partial charge in [0.05, 0.1) is 19.1 Å². The minimum absolute atomic E-state index is 0.107. The lowest BCUT2D eigenvalue weighted by molar-refractivity contribution is -0.151. The van der Waals surface area contributed by atoms with Gasteiger partial charge in [-0.2, -0.15) is 0 Å². The first-order valence-electron chi connectivity index (χ1n) is 9.46. The summed E-state index contributed by atoms with van der Waals surface area (Å²) >= 11 is 0. The van der Waals surface area contributed by atoms with Crippen LogP contribution in [0.2, 0.25) is 0 Å². The van der Waals surface area contributed by atoms with Crippen molar-refractivity contribution in [3.63, 3.8) is 0 Å². The zero-order valence-corrected chi connectivity index (χ0v) is 17.8. The Morgan fingerprint density at radius 1 is 0.929 bits per heavy atom. The first-order chi connectivity index (χ1) is 12.9. The average molecular weight is 399 g/mol. The van der Waals surface area contributed by atoms with Crippen LogP contribution in [0.1, 0.15) is 47.5 Å². The predicted molar refractivity (Wildman–Crippen MR) is 102 cm³/mol. The molecular formula is C19H33N3O6. The number of hydrogen-bond donors (Lipinski definition) is 1. The van der Waals surface area contributed by atoms with Gasteiger partial charge in [0.2, 0.25) is 11.8 Å². The fourth-order valence-electron chi connectivity index (χ4n) is 2.64. The highest BCUT2D eigenvalue weighted by atomic mass is 16.6. The topological polar surface area (TPSA) is 105 Å². The summed E-state index contributed by atoms with van der Waals surface area (Å²) in [7, 11) is 1.31. The molecule has 0 bridgehead atoms. The van der Waals surface area contributed by atoms with E-state index >= 15 is 0 Å². The average Bonchev–Trinajstić information content (AvgIpc) is 2.62. The summed E-state index contributed by atoms with van der Waals surface area (Å²) in [6.07, 6.45) is 0.0666. The molecule has 0 aromatic rings. The van der Waals surface area contributed by atoms with Crippen molar-refractivity contribution in [2.75, 3.05) is 39.8 Å². The molecule has 0 spiro atoms. The van der Waals surface area contributed by atoms with Gasteiger partial charge in [-0.15, -0.1) is 0 Å². The third kappa shape index (κ3) is 7.74. The lowest BCUT2D eigenvalue weighted by atomic mass is 9.88. The Labute approximate surface area is 166 Å². The summed E-state index contributed by atoms with van der Waals surface area (Å²) in [5.74, 6) is -0.874. The van der Waals surface area contributed by atoms with Crippen LogP contribution in [0.25, 0.3) is 0 Å². The molecule has 1 aliphatic heterocycles. The number of nitrogens with one attached hydrogen (secondary N) is 1. The number of amides is 3. The maximum Gasteiger partial charge on any atom is 0.410 e. The molecule has 0 radical (unpaired) electrons. The van der Waals surface area contributed by atoms with Crippen LogP contribution in [-0.4, -0.2) is 79.1 Å². The summed E-state index contributed by atoms with van der Waals surface area (Å²) in [5.41, 5.74) is -1.31. The Morgan fingerprint density at radius 2 is 1.46 bits per heavy atom. The van der Waals surface area contributed by atoms with Crippen LogP contribution in [-0.2, 0) is 23.9 Å². The molecule has 1 fully saturated rings. The molecule has 0 aromatic carbocycles. The molecule has 1 heterocycles. The van der Waals surface area contributed by atoms with Crippen LogP contribution in [0.3, 0.4) is 0 Å². The van der Waals surface area contributed by atoms with E-state index in [1.165, 1.54) is 7.11 Å². The van der Waals surface area contributed by atoms with Gasteiger partial charge in [-0.3, -0.25) is 14.4 Å². The second-order valence-corrected chi connectivity index (χ2v) is 8.50. The number of esters is 1.